The van der Waals surface area contributed by atoms with Crippen molar-refractivity contribution in [3.05, 3.63) is 32.1 Å². The molecule has 1 atom stereocenters. The van der Waals surface area contributed by atoms with Crippen molar-refractivity contribution >= 4 is 50.3 Å². The maximum Gasteiger partial charge on any atom is 0.224 e. The number of anilines is 1. The van der Waals surface area contributed by atoms with E-state index in [-0.39, 0.29) is 11.3 Å². The fourth-order valence-electron chi connectivity index (χ4n) is 2.24. The van der Waals surface area contributed by atoms with Crippen molar-refractivity contribution in [2.24, 2.45) is 5.73 Å². The molecule has 0 saturated carbocycles. The number of hydrogen-bond acceptors (Lipinski definition) is 7. The van der Waals surface area contributed by atoms with E-state index >= 15 is 0 Å². The van der Waals surface area contributed by atoms with Crippen molar-refractivity contribution in [3.63, 3.8) is 0 Å². The first-order chi connectivity index (χ1) is 10.9. The number of nitrogens with two attached hydrogens (primary N) is 1. The number of nitrogens with one attached hydrogen (secondary N) is 1. The number of nitrogens with zero attached hydrogens (tertiary/aromatic N) is 3. The van der Waals surface area contributed by atoms with Crippen molar-refractivity contribution < 1.29 is 4.39 Å². The molecular formula is C14H15ClFN5S2. The van der Waals surface area contributed by atoms with Crippen molar-refractivity contribution in [3.8, 4) is 0 Å². The van der Waals surface area contributed by atoms with Crippen LogP contribution in [0.15, 0.2) is 5.38 Å². The van der Waals surface area contributed by atoms with Gasteiger partial charge in [0.15, 0.2) is 0 Å². The van der Waals surface area contributed by atoms with E-state index in [0.717, 1.165) is 22.2 Å². The fraction of sp³-hybridized carbons (Fsp3) is 0.357. The highest BCUT2D eigenvalue weighted by Crippen LogP contribution is 2.35. The number of aryl methyl sites for hydroxylation is 1. The van der Waals surface area contributed by atoms with Gasteiger partial charge in [-0.1, -0.05) is 0 Å². The normalized spacial score (nSPS) is 12.7. The first kappa shape index (κ1) is 16.5. The largest absolute Gasteiger partial charge is 0.362 e. The van der Waals surface area contributed by atoms with Crippen molar-refractivity contribution in [2.45, 2.75) is 32.9 Å². The van der Waals surface area contributed by atoms with E-state index in [2.05, 4.69) is 20.3 Å². The highest BCUT2D eigenvalue weighted by atomic mass is 35.5. The Bertz CT molecular complexity index is 845. The van der Waals surface area contributed by atoms with Crippen LogP contribution in [0.3, 0.4) is 0 Å². The molecule has 3 aromatic rings. The van der Waals surface area contributed by atoms with E-state index < -0.39 is 5.95 Å². The highest BCUT2D eigenvalue weighted by Gasteiger charge is 2.16. The number of rotatable bonds is 5. The second-order valence-electron chi connectivity index (χ2n) is 5.27. The topological polar surface area (TPSA) is 76.7 Å². The minimum atomic E-state index is -0.469. The van der Waals surface area contributed by atoms with Crippen LogP contribution in [-0.4, -0.2) is 21.0 Å². The summed E-state index contributed by atoms with van der Waals surface area (Å²) in [5.41, 5.74) is 7.82. The average molecular weight is 372 g/mol. The maximum atomic E-state index is 13.0. The summed E-state index contributed by atoms with van der Waals surface area (Å²) in [6.45, 7) is 4.37. The molecule has 122 valence electrons. The van der Waals surface area contributed by atoms with Crippen molar-refractivity contribution in [1.82, 2.24) is 15.0 Å². The number of aromatic nitrogens is 3. The summed E-state index contributed by atoms with van der Waals surface area (Å²) in [6.07, 6.45) is 0.779. The van der Waals surface area contributed by atoms with E-state index in [4.69, 9.17) is 17.3 Å². The van der Waals surface area contributed by atoms with Gasteiger partial charge in [0.25, 0.3) is 0 Å². The Morgan fingerprint density at radius 2 is 2.17 bits per heavy atom. The van der Waals surface area contributed by atoms with Crippen LogP contribution in [0.1, 0.15) is 22.4 Å². The van der Waals surface area contributed by atoms with E-state index in [1.54, 1.807) is 11.3 Å². The van der Waals surface area contributed by atoms with Gasteiger partial charge >= 0.3 is 0 Å². The van der Waals surface area contributed by atoms with Gasteiger partial charge < -0.3 is 11.1 Å². The Hall–Kier alpha value is -1.35. The zero-order chi connectivity index (χ0) is 16.6. The summed E-state index contributed by atoms with van der Waals surface area (Å²) in [4.78, 5) is 13.6. The summed E-state index contributed by atoms with van der Waals surface area (Å²) in [6, 6.07) is 0.0693. The van der Waals surface area contributed by atoms with Gasteiger partial charge in [0.1, 0.15) is 10.8 Å². The number of thiazole rings is 1. The SMILES string of the molecule is Cc1c(C[C@H](C)N)sc2c(NCc3nc(F)cs3)nc(Cl)nc12. The van der Waals surface area contributed by atoms with Gasteiger partial charge in [0.2, 0.25) is 11.2 Å². The third kappa shape index (κ3) is 3.60. The summed E-state index contributed by atoms with van der Waals surface area (Å²) in [5.74, 6) is 0.170. The van der Waals surface area contributed by atoms with Crippen LogP contribution in [0, 0.1) is 12.9 Å². The lowest BCUT2D eigenvalue weighted by atomic mass is 10.1. The standard InChI is InChI=1S/C14H15ClFN5S2/c1-6(17)3-8-7(2)11-12(23-8)13(21-14(15)20-11)18-4-10-19-9(16)5-22-10/h5-6H,3-4,17H2,1-2H3,(H,18,20,21)/t6-/m0/s1. The van der Waals surface area contributed by atoms with Crippen LogP contribution < -0.4 is 11.1 Å². The first-order valence-electron chi connectivity index (χ1n) is 6.99. The van der Waals surface area contributed by atoms with Crippen molar-refractivity contribution in [2.75, 3.05) is 5.32 Å². The third-order valence-corrected chi connectivity index (χ3v) is 5.57. The van der Waals surface area contributed by atoms with Gasteiger partial charge in [-0.2, -0.15) is 9.37 Å². The second kappa shape index (κ2) is 6.64. The molecule has 0 saturated heterocycles. The summed E-state index contributed by atoms with van der Waals surface area (Å²) in [5, 5.41) is 5.37. The van der Waals surface area contributed by atoms with E-state index in [9.17, 15) is 4.39 Å². The monoisotopic (exact) mass is 371 g/mol. The summed E-state index contributed by atoms with van der Waals surface area (Å²) < 4.78 is 13.9. The van der Waals surface area contributed by atoms with Gasteiger partial charge in [-0.25, -0.2) is 9.97 Å². The van der Waals surface area contributed by atoms with E-state index in [0.29, 0.717) is 17.4 Å². The van der Waals surface area contributed by atoms with Gasteiger partial charge in [-0.05, 0) is 37.4 Å². The fourth-order valence-corrected chi connectivity index (χ4v) is 4.34. The molecule has 5 nitrogen and oxygen atoms in total. The molecular weight excluding hydrogens is 357 g/mol. The minimum Gasteiger partial charge on any atom is -0.362 e. The summed E-state index contributed by atoms with van der Waals surface area (Å²) in [7, 11) is 0. The molecule has 3 heterocycles. The van der Waals surface area contributed by atoms with Crippen LogP contribution in [-0.2, 0) is 13.0 Å². The molecule has 0 radical (unpaired) electrons. The molecule has 3 N–H and O–H groups in total. The van der Waals surface area contributed by atoms with Crippen LogP contribution in [0.5, 0.6) is 0 Å². The number of halogens is 2. The molecule has 0 aromatic carbocycles. The van der Waals surface area contributed by atoms with Crippen molar-refractivity contribution in [1.29, 1.82) is 0 Å². The molecule has 0 bridgehead atoms. The van der Waals surface area contributed by atoms with E-state index in [1.807, 2.05) is 13.8 Å². The van der Waals surface area contributed by atoms with E-state index in [1.165, 1.54) is 21.6 Å². The number of hydrogen-bond donors (Lipinski definition) is 2. The molecule has 3 aromatic heterocycles. The molecule has 3 rings (SSSR count). The summed E-state index contributed by atoms with van der Waals surface area (Å²) >= 11 is 8.91. The van der Waals surface area contributed by atoms with Gasteiger partial charge in [-0.3, -0.25) is 0 Å². The molecule has 0 aliphatic carbocycles. The predicted molar refractivity (Wildman–Crippen MR) is 93.9 cm³/mol. The first-order valence-corrected chi connectivity index (χ1v) is 9.06. The highest BCUT2D eigenvalue weighted by molar-refractivity contribution is 7.19. The molecule has 23 heavy (non-hydrogen) atoms. The lowest BCUT2D eigenvalue weighted by Gasteiger charge is -2.05. The second-order valence-corrected chi connectivity index (χ2v) is 7.65. The maximum absolute atomic E-state index is 13.0. The molecule has 0 fully saturated rings. The van der Waals surface area contributed by atoms with Gasteiger partial charge in [-0.15, -0.1) is 22.7 Å². The average Bonchev–Trinajstić information content (AvgIpc) is 3.02. The van der Waals surface area contributed by atoms with Gasteiger partial charge in [0, 0.05) is 16.3 Å². The third-order valence-electron chi connectivity index (χ3n) is 3.28. The molecule has 0 aliphatic rings. The minimum absolute atomic E-state index is 0.0693. The van der Waals surface area contributed by atoms with Crippen LogP contribution >= 0.6 is 34.3 Å². The lowest BCUT2D eigenvalue weighted by molar-refractivity contribution is 0.588. The zero-order valence-corrected chi connectivity index (χ0v) is 14.9. The number of thiophene rings is 1. The Morgan fingerprint density at radius 3 is 2.83 bits per heavy atom. The Morgan fingerprint density at radius 1 is 1.39 bits per heavy atom. The van der Waals surface area contributed by atoms with Crippen LogP contribution in [0.25, 0.3) is 10.2 Å². The quantitative estimate of drug-likeness (QED) is 0.668. The Balaban J connectivity index is 1.95. The van der Waals surface area contributed by atoms with Gasteiger partial charge in [0.05, 0.1) is 16.8 Å². The predicted octanol–water partition coefficient (Wildman–Crippen LogP) is 3.75. The number of fused-ring (bicyclic) bond motifs is 1. The molecule has 0 amide bonds. The molecule has 9 heteroatoms. The Kier molecular flexibility index (Phi) is 4.77. The molecule has 0 unspecified atom stereocenters. The smallest absolute Gasteiger partial charge is 0.224 e. The van der Waals surface area contributed by atoms with Crippen LogP contribution in [0.2, 0.25) is 5.28 Å². The van der Waals surface area contributed by atoms with Crippen LogP contribution in [0.4, 0.5) is 10.2 Å². The molecule has 0 aliphatic heterocycles. The zero-order valence-electron chi connectivity index (χ0n) is 12.6. The molecule has 0 spiro atoms. The lowest BCUT2D eigenvalue weighted by Crippen LogP contribution is -2.17. The Labute approximate surface area is 145 Å².